The van der Waals surface area contributed by atoms with E-state index in [1.165, 1.54) is 83.7 Å². The van der Waals surface area contributed by atoms with Gasteiger partial charge in [0.15, 0.2) is 0 Å². The first-order valence-electron chi connectivity index (χ1n) is 9.21. The molecule has 120 valence electrons. The summed E-state index contributed by atoms with van der Waals surface area (Å²) < 4.78 is 0. The zero-order valence-corrected chi connectivity index (χ0v) is 14.3. The van der Waals surface area contributed by atoms with Crippen LogP contribution in [0.3, 0.4) is 0 Å². The summed E-state index contributed by atoms with van der Waals surface area (Å²) in [4.78, 5) is 2.75. The standard InChI is InChI=1S/C18H38N2/c1-4-5-6-7-8-9-10-12-15-20-16-13-11-14-18(20)17(2)19-3/h17-19H,4-16H2,1-3H3. The summed E-state index contributed by atoms with van der Waals surface area (Å²) >= 11 is 0. The van der Waals surface area contributed by atoms with Crippen LogP contribution >= 0.6 is 0 Å². The molecule has 0 amide bonds. The van der Waals surface area contributed by atoms with Crippen molar-refractivity contribution in [1.82, 2.24) is 10.2 Å². The van der Waals surface area contributed by atoms with Gasteiger partial charge in [0, 0.05) is 12.1 Å². The number of likely N-dealkylation sites (N-methyl/N-ethyl adjacent to an activating group) is 1. The number of unbranched alkanes of at least 4 members (excludes halogenated alkanes) is 7. The first-order valence-corrected chi connectivity index (χ1v) is 9.21. The van der Waals surface area contributed by atoms with Gasteiger partial charge in [0.1, 0.15) is 0 Å². The highest BCUT2D eigenvalue weighted by molar-refractivity contribution is 4.84. The number of likely N-dealkylation sites (tertiary alicyclic amines) is 1. The van der Waals surface area contributed by atoms with Crippen molar-refractivity contribution < 1.29 is 0 Å². The number of rotatable bonds is 11. The van der Waals surface area contributed by atoms with Crippen LogP contribution in [0, 0.1) is 0 Å². The van der Waals surface area contributed by atoms with Gasteiger partial charge in [0.05, 0.1) is 0 Å². The molecule has 1 N–H and O–H groups in total. The second kappa shape index (κ2) is 11.6. The van der Waals surface area contributed by atoms with Crippen LogP contribution < -0.4 is 5.32 Å². The largest absolute Gasteiger partial charge is 0.316 e. The summed E-state index contributed by atoms with van der Waals surface area (Å²) in [5, 5.41) is 3.45. The maximum atomic E-state index is 3.45. The average Bonchev–Trinajstić information content (AvgIpc) is 2.49. The highest BCUT2D eigenvalue weighted by atomic mass is 15.2. The second-order valence-electron chi connectivity index (χ2n) is 6.65. The SMILES string of the molecule is CCCCCCCCCCN1CCCCC1C(C)NC. The third-order valence-electron chi connectivity index (χ3n) is 5.00. The Kier molecular flexibility index (Phi) is 10.4. The monoisotopic (exact) mass is 282 g/mol. The molecule has 1 saturated heterocycles. The number of hydrogen-bond donors (Lipinski definition) is 1. The van der Waals surface area contributed by atoms with Crippen LogP contribution in [0.25, 0.3) is 0 Å². The Morgan fingerprint density at radius 1 is 1.00 bits per heavy atom. The summed E-state index contributed by atoms with van der Waals surface area (Å²) in [6, 6.07) is 1.42. The van der Waals surface area contributed by atoms with Crippen LogP contribution in [0.15, 0.2) is 0 Å². The first-order chi connectivity index (χ1) is 9.79. The molecule has 0 spiro atoms. The zero-order valence-electron chi connectivity index (χ0n) is 14.3. The first kappa shape index (κ1) is 18.0. The lowest BCUT2D eigenvalue weighted by atomic mass is 9.96. The van der Waals surface area contributed by atoms with E-state index in [1.54, 1.807) is 0 Å². The molecule has 1 rings (SSSR count). The minimum Gasteiger partial charge on any atom is -0.316 e. The van der Waals surface area contributed by atoms with E-state index in [0.29, 0.717) is 6.04 Å². The molecule has 0 radical (unpaired) electrons. The molecule has 2 nitrogen and oxygen atoms in total. The minimum atomic E-state index is 0.643. The normalized spacial score (nSPS) is 22.1. The molecule has 0 saturated carbocycles. The van der Waals surface area contributed by atoms with Gasteiger partial charge in [-0.25, -0.2) is 0 Å². The van der Waals surface area contributed by atoms with Crippen molar-refractivity contribution in [2.75, 3.05) is 20.1 Å². The molecule has 0 aromatic rings. The average molecular weight is 283 g/mol. The van der Waals surface area contributed by atoms with Crippen LogP contribution in [0.1, 0.15) is 84.5 Å². The van der Waals surface area contributed by atoms with E-state index in [9.17, 15) is 0 Å². The third-order valence-corrected chi connectivity index (χ3v) is 5.00. The summed E-state index contributed by atoms with van der Waals surface area (Å²) in [6.45, 7) is 7.29. The van der Waals surface area contributed by atoms with E-state index in [4.69, 9.17) is 0 Å². The van der Waals surface area contributed by atoms with Crippen LogP contribution in [0.2, 0.25) is 0 Å². The fourth-order valence-electron chi connectivity index (χ4n) is 3.50. The molecule has 2 unspecified atom stereocenters. The van der Waals surface area contributed by atoms with Gasteiger partial charge < -0.3 is 5.32 Å². The fourth-order valence-corrected chi connectivity index (χ4v) is 3.50. The van der Waals surface area contributed by atoms with Gasteiger partial charge in [-0.15, -0.1) is 0 Å². The van der Waals surface area contributed by atoms with E-state index in [1.807, 2.05) is 0 Å². The number of nitrogens with one attached hydrogen (secondary N) is 1. The molecule has 2 atom stereocenters. The van der Waals surface area contributed by atoms with E-state index < -0.39 is 0 Å². The molecular formula is C18H38N2. The molecule has 20 heavy (non-hydrogen) atoms. The quantitative estimate of drug-likeness (QED) is 0.558. The van der Waals surface area contributed by atoms with Crippen molar-refractivity contribution in [1.29, 1.82) is 0 Å². The topological polar surface area (TPSA) is 15.3 Å². The van der Waals surface area contributed by atoms with Crippen LogP contribution in [-0.2, 0) is 0 Å². The number of nitrogens with zero attached hydrogens (tertiary/aromatic N) is 1. The molecule has 1 heterocycles. The van der Waals surface area contributed by atoms with Crippen molar-refractivity contribution in [3.05, 3.63) is 0 Å². The summed E-state index contributed by atoms with van der Waals surface area (Å²) in [6.07, 6.45) is 15.6. The highest BCUT2D eigenvalue weighted by Gasteiger charge is 2.25. The second-order valence-corrected chi connectivity index (χ2v) is 6.65. The predicted molar refractivity (Wildman–Crippen MR) is 90.3 cm³/mol. The summed E-state index contributed by atoms with van der Waals surface area (Å²) in [5.41, 5.74) is 0. The van der Waals surface area contributed by atoms with Gasteiger partial charge in [0.2, 0.25) is 0 Å². The van der Waals surface area contributed by atoms with Crippen molar-refractivity contribution in [3.63, 3.8) is 0 Å². The lowest BCUT2D eigenvalue weighted by Crippen LogP contribution is -2.50. The van der Waals surface area contributed by atoms with Crippen molar-refractivity contribution in [3.8, 4) is 0 Å². The van der Waals surface area contributed by atoms with Crippen LogP contribution in [0.5, 0.6) is 0 Å². The lowest BCUT2D eigenvalue weighted by Gasteiger charge is -2.39. The van der Waals surface area contributed by atoms with Crippen molar-refractivity contribution in [2.24, 2.45) is 0 Å². The molecule has 1 fully saturated rings. The Balaban J connectivity index is 2.07. The van der Waals surface area contributed by atoms with Crippen molar-refractivity contribution >= 4 is 0 Å². The van der Waals surface area contributed by atoms with Gasteiger partial charge in [-0.3, -0.25) is 4.90 Å². The van der Waals surface area contributed by atoms with Gasteiger partial charge >= 0.3 is 0 Å². The maximum Gasteiger partial charge on any atom is 0.0246 e. The Bertz CT molecular complexity index is 217. The van der Waals surface area contributed by atoms with E-state index in [2.05, 4.69) is 31.1 Å². The molecule has 1 aliphatic heterocycles. The molecule has 0 aromatic carbocycles. The minimum absolute atomic E-state index is 0.643. The highest BCUT2D eigenvalue weighted by Crippen LogP contribution is 2.20. The molecule has 0 aliphatic carbocycles. The Hall–Kier alpha value is -0.0800. The third kappa shape index (κ3) is 7.08. The predicted octanol–water partition coefficient (Wildman–Crippen LogP) is 4.59. The van der Waals surface area contributed by atoms with E-state index in [-0.39, 0.29) is 0 Å². The summed E-state index contributed by atoms with van der Waals surface area (Å²) in [7, 11) is 2.10. The van der Waals surface area contributed by atoms with Gasteiger partial charge in [-0.2, -0.15) is 0 Å². The maximum absolute atomic E-state index is 3.45. The smallest absolute Gasteiger partial charge is 0.0246 e. The van der Waals surface area contributed by atoms with E-state index in [0.717, 1.165) is 6.04 Å². The summed E-state index contributed by atoms with van der Waals surface area (Å²) in [5.74, 6) is 0. The Morgan fingerprint density at radius 2 is 1.65 bits per heavy atom. The van der Waals surface area contributed by atoms with Gasteiger partial charge in [0.25, 0.3) is 0 Å². The Labute approximate surface area is 127 Å². The molecule has 1 aliphatic rings. The van der Waals surface area contributed by atoms with Gasteiger partial charge in [-0.1, -0.05) is 58.3 Å². The van der Waals surface area contributed by atoms with Crippen molar-refractivity contribution in [2.45, 2.75) is 96.6 Å². The molecular weight excluding hydrogens is 244 g/mol. The molecule has 2 heteroatoms. The number of hydrogen-bond acceptors (Lipinski definition) is 2. The zero-order chi connectivity index (χ0) is 14.6. The lowest BCUT2D eigenvalue weighted by molar-refractivity contribution is 0.119. The van der Waals surface area contributed by atoms with E-state index >= 15 is 0 Å². The van der Waals surface area contributed by atoms with Gasteiger partial charge in [-0.05, 0) is 46.3 Å². The molecule has 0 bridgehead atoms. The Morgan fingerprint density at radius 3 is 2.30 bits per heavy atom. The number of piperidine rings is 1. The van der Waals surface area contributed by atoms with Crippen LogP contribution in [-0.4, -0.2) is 37.1 Å². The van der Waals surface area contributed by atoms with Crippen LogP contribution in [0.4, 0.5) is 0 Å². The fraction of sp³-hybridized carbons (Fsp3) is 1.00. The molecule has 0 aromatic heterocycles.